The number of rotatable bonds is 7. The first-order valence-electron chi connectivity index (χ1n) is 6.41. The number of carbonyl (C=O) groups excluding carboxylic acids is 1. The first kappa shape index (κ1) is 14.6. The van der Waals surface area contributed by atoms with Gasteiger partial charge < -0.3 is 11.1 Å². The zero-order chi connectivity index (χ0) is 13.4. The molecule has 0 saturated heterocycles. The van der Waals surface area contributed by atoms with Gasteiger partial charge in [0.15, 0.2) is 0 Å². The molecule has 4 heteroatoms. The van der Waals surface area contributed by atoms with Crippen molar-refractivity contribution >= 4 is 11.6 Å². The summed E-state index contributed by atoms with van der Waals surface area (Å²) in [5.74, 6) is 0.0756. The normalized spacial score (nSPS) is 12.2. The average Bonchev–Trinajstić information content (AvgIpc) is 2.34. The van der Waals surface area contributed by atoms with Gasteiger partial charge in [0, 0.05) is 12.1 Å². The van der Waals surface area contributed by atoms with Crippen molar-refractivity contribution in [2.45, 2.75) is 32.6 Å². The summed E-state index contributed by atoms with van der Waals surface area (Å²) in [6.07, 6.45) is 3.26. The molecule has 1 amide bonds. The van der Waals surface area contributed by atoms with Crippen molar-refractivity contribution in [2.75, 3.05) is 11.9 Å². The largest absolute Gasteiger partial charge is 0.330 e. The van der Waals surface area contributed by atoms with E-state index in [1.807, 2.05) is 0 Å². The number of nitrogens with one attached hydrogen (secondary N) is 1. The lowest BCUT2D eigenvalue weighted by atomic mass is 9.96. The fourth-order valence-electron chi connectivity index (χ4n) is 1.91. The number of hydrogen-bond donors (Lipinski definition) is 2. The van der Waals surface area contributed by atoms with Gasteiger partial charge in [-0.1, -0.05) is 19.4 Å². The highest BCUT2D eigenvalue weighted by Gasteiger charge is 2.09. The van der Waals surface area contributed by atoms with Gasteiger partial charge in [-0.05, 0) is 43.5 Å². The molecule has 0 aliphatic rings. The lowest BCUT2D eigenvalue weighted by molar-refractivity contribution is -0.116. The molecule has 0 fully saturated rings. The molecule has 1 aromatic rings. The van der Waals surface area contributed by atoms with Crippen LogP contribution in [0.15, 0.2) is 24.3 Å². The van der Waals surface area contributed by atoms with E-state index in [0.717, 1.165) is 19.3 Å². The fourth-order valence-corrected chi connectivity index (χ4v) is 1.91. The van der Waals surface area contributed by atoms with Gasteiger partial charge in [-0.25, -0.2) is 4.39 Å². The van der Waals surface area contributed by atoms with E-state index < -0.39 is 0 Å². The van der Waals surface area contributed by atoms with E-state index in [4.69, 9.17) is 5.73 Å². The minimum absolute atomic E-state index is 0.0731. The Morgan fingerprint density at radius 1 is 1.44 bits per heavy atom. The third-order valence-electron chi connectivity index (χ3n) is 3.04. The maximum atomic E-state index is 12.9. The molecule has 0 aliphatic carbocycles. The first-order valence-corrected chi connectivity index (χ1v) is 6.41. The Morgan fingerprint density at radius 2 is 2.22 bits per heavy atom. The molecule has 0 saturated carbocycles. The summed E-state index contributed by atoms with van der Waals surface area (Å²) in [6.45, 7) is 2.76. The second-order valence-electron chi connectivity index (χ2n) is 4.45. The molecular weight excluding hydrogens is 231 g/mol. The minimum Gasteiger partial charge on any atom is -0.330 e. The Bertz CT molecular complexity index is 382. The van der Waals surface area contributed by atoms with Gasteiger partial charge in [-0.15, -0.1) is 0 Å². The van der Waals surface area contributed by atoms with Gasteiger partial charge in [0.05, 0.1) is 0 Å². The van der Waals surface area contributed by atoms with E-state index in [1.165, 1.54) is 12.1 Å². The topological polar surface area (TPSA) is 55.1 Å². The van der Waals surface area contributed by atoms with Crippen molar-refractivity contribution in [3.63, 3.8) is 0 Å². The average molecular weight is 252 g/mol. The van der Waals surface area contributed by atoms with Gasteiger partial charge in [-0.2, -0.15) is 0 Å². The number of nitrogens with two attached hydrogens (primary N) is 1. The molecule has 100 valence electrons. The molecule has 0 heterocycles. The third kappa shape index (κ3) is 5.27. The number of anilines is 1. The number of benzene rings is 1. The van der Waals surface area contributed by atoms with Gasteiger partial charge in [-0.3, -0.25) is 4.79 Å². The van der Waals surface area contributed by atoms with Gasteiger partial charge in [0.1, 0.15) is 5.82 Å². The van der Waals surface area contributed by atoms with E-state index in [1.54, 1.807) is 12.1 Å². The van der Waals surface area contributed by atoms with Crippen LogP contribution in [0.25, 0.3) is 0 Å². The number of hydrogen-bond acceptors (Lipinski definition) is 2. The maximum Gasteiger partial charge on any atom is 0.224 e. The minimum atomic E-state index is -0.345. The molecule has 1 unspecified atom stereocenters. The molecule has 0 aromatic heterocycles. The van der Waals surface area contributed by atoms with Crippen molar-refractivity contribution in [2.24, 2.45) is 11.7 Å². The molecule has 0 spiro atoms. The van der Waals surface area contributed by atoms with Gasteiger partial charge >= 0.3 is 0 Å². The lowest BCUT2D eigenvalue weighted by Gasteiger charge is -2.13. The van der Waals surface area contributed by atoms with Crippen LogP contribution in [0.3, 0.4) is 0 Å². The van der Waals surface area contributed by atoms with E-state index >= 15 is 0 Å². The summed E-state index contributed by atoms with van der Waals surface area (Å²) in [7, 11) is 0. The molecule has 3 N–H and O–H groups in total. The molecule has 3 nitrogen and oxygen atoms in total. The second kappa shape index (κ2) is 7.82. The van der Waals surface area contributed by atoms with Crippen LogP contribution in [-0.4, -0.2) is 12.5 Å². The van der Waals surface area contributed by atoms with Crippen molar-refractivity contribution in [3.05, 3.63) is 30.1 Å². The van der Waals surface area contributed by atoms with Crippen molar-refractivity contribution in [1.82, 2.24) is 0 Å². The fraction of sp³-hybridized carbons (Fsp3) is 0.500. The maximum absolute atomic E-state index is 12.9. The molecule has 1 aromatic carbocycles. The quantitative estimate of drug-likeness (QED) is 0.784. The van der Waals surface area contributed by atoms with Crippen LogP contribution in [0.4, 0.5) is 10.1 Å². The smallest absolute Gasteiger partial charge is 0.224 e. The Balaban J connectivity index is 2.37. The molecular formula is C14H21FN2O. The zero-order valence-corrected chi connectivity index (χ0v) is 10.8. The van der Waals surface area contributed by atoms with Crippen molar-refractivity contribution in [1.29, 1.82) is 0 Å². The number of carbonyl (C=O) groups is 1. The Morgan fingerprint density at radius 3 is 2.83 bits per heavy atom. The van der Waals surface area contributed by atoms with E-state index in [9.17, 15) is 9.18 Å². The predicted octanol–water partition coefficient (Wildman–Crippen LogP) is 2.92. The number of halogens is 1. The highest BCUT2D eigenvalue weighted by atomic mass is 19.1. The van der Waals surface area contributed by atoms with E-state index in [2.05, 4.69) is 12.2 Å². The molecule has 0 radical (unpaired) electrons. The van der Waals surface area contributed by atoms with Crippen LogP contribution in [0, 0.1) is 11.7 Å². The molecule has 1 rings (SSSR count). The SMILES string of the molecule is CCC(CCN)CCC(=O)Nc1cccc(F)c1. The summed E-state index contributed by atoms with van der Waals surface area (Å²) in [4.78, 5) is 11.7. The van der Waals surface area contributed by atoms with Crippen LogP contribution in [0.1, 0.15) is 32.6 Å². The third-order valence-corrected chi connectivity index (χ3v) is 3.04. The standard InChI is InChI=1S/C14H21FN2O/c1-2-11(8-9-16)6-7-14(18)17-13-5-3-4-12(15)10-13/h3-5,10-11H,2,6-9,16H2,1H3,(H,17,18). The lowest BCUT2D eigenvalue weighted by Crippen LogP contribution is -2.15. The summed E-state index contributed by atoms with van der Waals surface area (Å²) < 4.78 is 12.9. The van der Waals surface area contributed by atoms with E-state index in [0.29, 0.717) is 24.6 Å². The molecule has 0 aliphatic heterocycles. The van der Waals surface area contributed by atoms with Crippen LogP contribution in [0.5, 0.6) is 0 Å². The Labute approximate surface area is 108 Å². The van der Waals surface area contributed by atoms with Crippen LogP contribution in [-0.2, 0) is 4.79 Å². The van der Waals surface area contributed by atoms with Crippen LogP contribution >= 0.6 is 0 Å². The Hall–Kier alpha value is -1.42. The summed E-state index contributed by atoms with van der Waals surface area (Å²) in [6, 6.07) is 5.92. The monoisotopic (exact) mass is 252 g/mol. The van der Waals surface area contributed by atoms with Crippen LogP contribution in [0.2, 0.25) is 0 Å². The Kier molecular flexibility index (Phi) is 6.36. The van der Waals surface area contributed by atoms with E-state index in [-0.39, 0.29) is 11.7 Å². The number of amides is 1. The van der Waals surface area contributed by atoms with Gasteiger partial charge in [0.2, 0.25) is 5.91 Å². The highest BCUT2D eigenvalue weighted by Crippen LogP contribution is 2.16. The van der Waals surface area contributed by atoms with Gasteiger partial charge in [0.25, 0.3) is 0 Å². The summed E-state index contributed by atoms with van der Waals surface area (Å²) >= 11 is 0. The predicted molar refractivity (Wildman–Crippen MR) is 71.7 cm³/mol. The molecule has 0 bridgehead atoms. The zero-order valence-electron chi connectivity index (χ0n) is 10.8. The van der Waals surface area contributed by atoms with Crippen molar-refractivity contribution < 1.29 is 9.18 Å². The second-order valence-corrected chi connectivity index (χ2v) is 4.45. The molecule has 1 atom stereocenters. The highest BCUT2D eigenvalue weighted by molar-refractivity contribution is 5.90. The summed E-state index contributed by atoms with van der Waals surface area (Å²) in [5, 5.41) is 2.69. The summed E-state index contributed by atoms with van der Waals surface area (Å²) in [5.41, 5.74) is 6.02. The van der Waals surface area contributed by atoms with Crippen molar-refractivity contribution in [3.8, 4) is 0 Å². The van der Waals surface area contributed by atoms with Crippen LogP contribution < -0.4 is 11.1 Å². The first-order chi connectivity index (χ1) is 8.65. The molecule has 18 heavy (non-hydrogen) atoms.